The first kappa shape index (κ1) is 15.0. The van der Waals surface area contributed by atoms with E-state index in [1.165, 1.54) is 33.3 Å². The predicted molar refractivity (Wildman–Crippen MR) is 99.7 cm³/mol. The molecule has 4 aromatic rings. The van der Waals surface area contributed by atoms with Gasteiger partial charge in [0.25, 0.3) is 0 Å². The summed E-state index contributed by atoms with van der Waals surface area (Å²) in [6, 6.07) is 15.8. The maximum atomic E-state index is 2.43. The first-order valence-corrected chi connectivity index (χ1v) is 8.71. The molecule has 0 atom stereocenters. The minimum absolute atomic E-state index is 0.409. The number of benzene rings is 2. The molecule has 4 rings (SSSR count). The van der Waals surface area contributed by atoms with Crippen LogP contribution in [0.4, 0.5) is 0 Å². The van der Waals surface area contributed by atoms with Crippen LogP contribution in [0.25, 0.3) is 27.8 Å². The molecule has 0 amide bonds. The molecule has 0 N–H and O–H groups in total. The molecule has 0 aliphatic rings. The molecule has 2 aromatic heterocycles. The summed E-state index contributed by atoms with van der Waals surface area (Å²) in [5, 5.41) is 2.65. The minimum atomic E-state index is 0.409. The van der Waals surface area contributed by atoms with Crippen LogP contribution >= 0.6 is 0 Å². The second-order valence-electron chi connectivity index (χ2n) is 6.73. The topological polar surface area (TPSA) is 13.7 Å². The standard InChI is InChI=1S/C21H24N3/c1-5-16-9-8-11-18-17-10-6-7-12-19(17)24(20(16)18)21-22(4)13-14-23(21)15(2)3/h6-15H,5H2,1-4H3/q+1. The van der Waals surface area contributed by atoms with Crippen LogP contribution in [0, 0.1) is 0 Å². The lowest BCUT2D eigenvalue weighted by Crippen LogP contribution is -2.33. The van der Waals surface area contributed by atoms with E-state index in [-0.39, 0.29) is 0 Å². The molecule has 2 aromatic carbocycles. The number of imidazole rings is 1. The summed E-state index contributed by atoms with van der Waals surface area (Å²) in [4.78, 5) is 0. The van der Waals surface area contributed by atoms with Gasteiger partial charge in [-0.15, -0.1) is 0 Å². The van der Waals surface area contributed by atoms with E-state index in [0.29, 0.717) is 6.04 Å². The maximum Gasteiger partial charge on any atom is 0.369 e. The summed E-state index contributed by atoms with van der Waals surface area (Å²) >= 11 is 0. The van der Waals surface area contributed by atoms with Crippen LogP contribution in [-0.2, 0) is 13.5 Å². The second kappa shape index (κ2) is 5.52. The van der Waals surface area contributed by atoms with E-state index < -0.39 is 0 Å². The van der Waals surface area contributed by atoms with Crippen LogP contribution in [0.15, 0.2) is 54.9 Å². The van der Waals surface area contributed by atoms with Crippen molar-refractivity contribution in [3.63, 3.8) is 0 Å². The van der Waals surface area contributed by atoms with Gasteiger partial charge in [-0.3, -0.25) is 0 Å². The summed E-state index contributed by atoms with van der Waals surface area (Å²) in [6.07, 6.45) is 5.35. The molecule has 122 valence electrons. The van der Waals surface area contributed by atoms with Crippen molar-refractivity contribution in [2.75, 3.05) is 0 Å². The highest BCUT2D eigenvalue weighted by Gasteiger charge is 2.25. The lowest BCUT2D eigenvalue weighted by atomic mass is 10.1. The number of fused-ring (bicyclic) bond motifs is 3. The normalized spacial score (nSPS) is 11.9. The van der Waals surface area contributed by atoms with Gasteiger partial charge in [0, 0.05) is 10.8 Å². The maximum absolute atomic E-state index is 2.43. The van der Waals surface area contributed by atoms with E-state index in [9.17, 15) is 0 Å². The zero-order valence-electron chi connectivity index (χ0n) is 14.8. The average molecular weight is 318 g/mol. The van der Waals surface area contributed by atoms with Gasteiger partial charge in [-0.2, -0.15) is 4.57 Å². The Hall–Kier alpha value is -2.55. The van der Waals surface area contributed by atoms with Gasteiger partial charge >= 0.3 is 5.95 Å². The molecule has 0 unspecified atom stereocenters. The first-order valence-electron chi connectivity index (χ1n) is 8.71. The Bertz CT molecular complexity index is 1030. The van der Waals surface area contributed by atoms with Crippen LogP contribution in [-0.4, -0.2) is 9.13 Å². The second-order valence-corrected chi connectivity index (χ2v) is 6.73. The van der Waals surface area contributed by atoms with E-state index in [1.807, 2.05) is 0 Å². The summed E-state index contributed by atoms with van der Waals surface area (Å²) in [6.45, 7) is 6.70. The van der Waals surface area contributed by atoms with Gasteiger partial charge in [0.05, 0.1) is 25.5 Å². The third kappa shape index (κ3) is 2.01. The third-order valence-electron chi connectivity index (χ3n) is 4.91. The van der Waals surface area contributed by atoms with Crippen molar-refractivity contribution >= 4 is 21.8 Å². The van der Waals surface area contributed by atoms with E-state index in [4.69, 9.17) is 0 Å². The van der Waals surface area contributed by atoms with Crippen molar-refractivity contribution in [2.24, 2.45) is 7.05 Å². The van der Waals surface area contributed by atoms with Gasteiger partial charge < -0.3 is 0 Å². The van der Waals surface area contributed by atoms with Crippen LogP contribution in [0.3, 0.4) is 0 Å². The van der Waals surface area contributed by atoms with E-state index in [0.717, 1.165) is 6.42 Å². The van der Waals surface area contributed by atoms with Gasteiger partial charge in [-0.25, -0.2) is 9.13 Å². The molecular weight excluding hydrogens is 294 g/mol. The molecule has 0 fully saturated rings. The summed E-state index contributed by atoms with van der Waals surface area (Å²) < 4.78 is 7.00. The SMILES string of the molecule is CCc1cccc2c3ccccc3n(-c3n(C(C)C)cc[n+]3C)c12. The fraction of sp³-hybridized carbons (Fsp3) is 0.286. The summed E-state index contributed by atoms with van der Waals surface area (Å²) in [7, 11) is 2.13. The summed E-state index contributed by atoms with van der Waals surface area (Å²) in [5.74, 6) is 1.21. The van der Waals surface area contributed by atoms with Crippen molar-refractivity contribution in [3.8, 4) is 5.95 Å². The third-order valence-corrected chi connectivity index (χ3v) is 4.91. The zero-order valence-corrected chi connectivity index (χ0v) is 14.8. The Morgan fingerprint density at radius 1 is 1.00 bits per heavy atom. The Morgan fingerprint density at radius 2 is 1.75 bits per heavy atom. The molecule has 2 heterocycles. The number of aromatic nitrogens is 3. The minimum Gasteiger partial charge on any atom is -0.237 e. The molecule has 3 heteroatoms. The Balaban J connectivity index is 2.24. The molecule has 0 saturated heterocycles. The monoisotopic (exact) mass is 318 g/mol. The van der Waals surface area contributed by atoms with Crippen molar-refractivity contribution in [2.45, 2.75) is 33.2 Å². The quantitative estimate of drug-likeness (QED) is 0.492. The fourth-order valence-corrected chi connectivity index (χ4v) is 3.75. The lowest BCUT2D eigenvalue weighted by molar-refractivity contribution is -0.664. The van der Waals surface area contributed by atoms with E-state index in [2.05, 4.69) is 96.4 Å². The fourth-order valence-electron chi connectivity index (χ4n) is 3.75. The number of nitrogens with zero attached hydrogens (tertiary/aromatic N) is 3. The van der Waals surface area contributed by atoms with Crippen LogP contribution < -0.4 is 4.57 Å². The van der Waals surface area contributed by atoms with Crippen LogP contribution in [0.1, 0.15) is 32.4 Å². The van der Waals surface area contributed by atoms with E-state index in [1.54, 1.807) is 0 Å². The molecule has 0 aliphatic heterocycles. The molecule has 0 aliphatic carbocycles. The van der Waals surface area contributed by atoms with Crippen LogP contribution in [0.2, 0.25) is 0 Å². The molecule has 0 spiro atoms. The molecule has 0 saturated carbocycles. The van der Waals surface area contributed by atoms with Crippen molar-refractivity contribution < 1.29 is 4.57 Å². The van der Waals surface area contributed by atoms with Gasteiger partial charge in [-0.05, 0) is 31.9 Å². The zero-order chi connectivity index (χ0) is 16.8. The number of aryl methyl sites for hydroxylation is 2. The van der Waals surface area contributed by atoms with Crippen molar-refractivity contribution in [1.82, 2.24) is 9.13 Å². The first-order chi connectivity index (χ1) is 11.6. The highest BCUT2D eigenvalue weighted by Crippen LogP contribution is 2.33. The molecule has 24 heavy (non-hydrogen) atoms. The van der Waals surface area contributed by atoms with Crippen molar-refractivity contribution in [1.29, 1.82) is 0 Å². The van der Waals surface area contributed by atoms with Gasteiger partial charge in [0.15, 0.2) is 0 Å². The number of rotatable bonds is 3. The number of para-hydroxylation sites is 2. The Kier molecular flexibility index (Phi) is 3.45. The molecular formula is C21H24N3+. The lowest BCUT2D eigenvalue weighted by Gasteiger charge is -2.10. The predicted octanol–water partition coefficient (Wildman–Crippen LogP) is 4.55. The molecule has 0 radical (unpaired) electrons. The van der Waals surface area contributed by atoms with E-state index >= 15 is 0 Å². The largest absolute Gasteiger partial charge is 0.369 e. The smallest absolute Gasteiger partial charge is 0.237 e. The highest BCUT2D eigenvalue weighted by molar-refractivity contribution is 6.09. The Morgan fingerprint density at radius 3 is 2.50 bits per heavy atom. The highest BCUT2D eigenvalue weighted by atomic mass is 15.3. The average Bonchev–Trinajstić information content (AvgIpc) is 3.12. The van der Waals surface area contributed by atoms with Gasteiger partial charge in [0.2, 0.25) is 0 Å². The van der Waals surface area contributed by atoms with Gasteiger partial charge in [0.1, 0.15) is 11.0 Å². The number of hydrogen-bond donors (Lipinski definition) is 0. The van der Waals surface area contributed by atoms with Crippen LogP contribution in [0.5, 0.6) is 0 Å². The number of hydrogen-bond acceptors (Lipinski definition) is 0. The van der Waals surface area contributed by atoms with Crippen molar-refractivity contribution in [3.05, 3.63) is 60.4 Å². The molecule has 3 nitrogen and oxygen atoms in total. The summed E-state index contributed by atoms with van der Waals surface area (Å²) in [5.41, 5.74) is 3.99. The Labute approximate surface area is 142 Å². The molecule has 0 bridgehead atoms. The van der Waals surface area contributed by atoms with Gasteiger partial charge in [-0.1, -0.05) is 43.3 Å².